The zero-order chi connectivity index (χ0) is 15.0. The Kier molecular flexibility index (Phi) is 6.73. The Hall–Kier alpha value is -1.88. The maximum absolute atomic E-state index is 12.2. The van der Waals surface area contributed by atoms with Crippen molar-refractivity contribution in [1.82, 2.24) is 5.32 Å². The van der Waals surface area contributed by atoms with Crippen LogP contribution in [-0.4, -0.2) is 30.1 Å². The van der Waals surface area contributed by atoms with Crippen LogP contribution in [0.25, 0.3) is 0 Å². The Morgan fingerprint density at radius 3 is 2.65 bits per heavy atom. The van der Waals surface area contributed by atoms with Crippen LogP contribution in [0.15, 0.2) is 24.3 Å². The van der Waals surface area contributed by atoms with Crippen LogP contribution in [0.1, 0.15) is 42.1 Å². The molecule has 20 heavy (non-hydrogen) atoms. The zero-order valence-electron chi connectivity index (χ0n) is 11.9. The van der Waals surface area contributed by atoms with Crippen molar-refractivity contribution in [2.45, 2.75) is 38.8 Å². The molecule has 1 aromatic rings. The van der Waals surface area contributed by atoms with Gasteiger partial charge in [-0.3, -0.25) is 4.79 Å². The van der Waals surface area contributed by atoms with Crippen molar-refractivity contribution in [1.29, 1.82) is 0 Å². The lowest BCUT2D eigenvalue weighted by atomic mass is 10.1. The molecule has 0 saturated carbocycles. The van der Waals surface area contributed by atoms with E-state index in [2.05, 4.69) is 5.32 Å². The predicted octanol–water partition coefficient (Wildman–Crippen LogP) is 2.21. The maximum atomic E-state index is 12.2. The number of amides is 1. The smallest absolute Gasteiger partial charge is 0.326 e. The molecular formula is C15H21NO4. The highest BCUT2D eigenvalue weighted by Gasteiger charge is 2.21. The number of unbranched alkanes of at least 4 members (excludes halogenated alkanes) is 1. The van der Waals surface area contributed by atoms with E-state index in [1.165, 1.54) is 0 Å². The number of carbonyl (C=O) groups excluding carboxylic acids is 1. The number of carboxylic acid groups (broad SMARTS) is 1. The molecule has 0 fully saturated rings. The van der Waals surface area contributed by atoms with Crippen LogP contribution in [0.2, 0.25) is 0 Å². The summed E-state index contributed by atoms with van der Waals surface area (Å²) in [5.41, 5.74) is 1.20. The fraction of sp³-hybridized carbons (Fsp3) is 0.467. The Bertz CT molecular complexity index is 459. The quantitative estimate of drug-likeness (QED) is 0.765. The van der Waals surface area contributed by atoms with Crippen molar-refractivity contribution < 1.29 is 19.4 Å². The van der Waals surface area contributed by atoms with Crippen LogP contribution in [0, 0.1) is 0 Å². The summed E-state index contributed by atoms with van der Waals surface area (Å²) in [5.74, 6) is -1.38. The standard InChI is InChI=1S/C15H21NO4/c1-3-4-9-13(15(18)19)16-14(17)12-8-6-5-7-11(12)10-20-2/h5-8,13H,3-4,9-10H2,1-2H3,(H,16,17)(H,18,19). The van der Waals surface area contributed by atoms with Crippen LogP contribution in [0.5, 0.6) is 0 Å². The normalized spacial score (nSPS) is 11.9. The van der Waals surface area contributed by atoms with Crippen LogP contribution in [0.3, 0.4) is 0 Å². The minimum atomic E-state index is -1.00. The third-order valence-corrected chi connectivity index (χ3v) is 3.01. The molecule has 1 amide bonds. The molecule has 0 aliphatic rings. The highest BCUT2D eigenvalue weighted by molar-refractivity contribution is 5.97. The van der Waals surface area contributed by atoms with E-state index in [4.69, 9.17) is 9.84 Å². The molecule has 0 bridgehead atoms. The van der Waals surface area contributed by atoms with Gasteiger partial charge in [0.1, 0.15) is 6.04 Å². The first-order chi connectivity index (χ1) is 9.60. The fourth-order valence-electron chi connectivity index (χ4n) is 1.92. The highest BCUT2D eigenvalue weighted by Crippen LogP contribution is 2.11. The third-order valence-electron chi connectivity index (χ3n) is 3.01. The third kappa shape index (κ3) is 4.66. The van der Waals surface area contributed by atoms with E-state index in [9.17, 15) is 9.59 Å². The molecule has 1 unspecified atom stereocenters. The predicted molar refractivity (Wildman–Crippen MR) is 75.6 cm³/mol. The van der Waals surface area contributed by atoms with Gasteiger partial charge in [-0.2, -0.15) is 0 Å². The van der Waals surface area contributed by atoms with Gasteiger partial charge in [-0.1, -0.05) is 38.0 Å². The summed E-state index contributed by atoms with van der Waals surface area (Å²) in [4.78, 5) is 23.3. The number of benzene rings is 1. The molecule has 0 aliphatic heterocycles. The number of rotatable bonds is 8. The number of hydrogen-bond acceptors (Lipinski definition) is 3. The van der Waals surface area contributed by atoms with Gasteiger partial charge in [-0.15, -0.1) is 0 Å². The molecule has 5 heteroatoms. The highest BCUT2D eigenvalue weighted by atomic mass is 16.5. The Morgan fingerprint density at radius 1 is 1.35 bits per heavy atom. The van der Waals surface area contributed by atoms with E-state index in [1.54, 1.807) is 25.3 Å². The van der Waals surface area contributed by atoms with Gasteiger partial charge in [-0.05, 0) is 18.1 Å². The zero-order valence-corrected chi connectivity index (χ0v) is 11.9. The van der Waals surface area contributed by atoms with Gasteiger partial charge in [-0.25, -0.2) is 4.79 Å². The van der Waals surface area contributed by atoms with Gasteiger partial charge in [0.2, 0.25) is 0 Å². The van der Waals surface area contributed by atoms with Crippen molar-refractivity contribution >= 4 is 11.9 Å². The first-order valence-electron chi connectivity index (χ1n) is 6.70. The maximum Gasteiger partial charge on any atom is 0.326 e. The minimum Gasteiger partial charge on any atom is -0.480 e. The summed E-state index contributed by atoms with van der Waals surface area (Å²) in [5, 5.41) is 11.7. The van der Waals surface area contributed by atoms with Crippen molar-refractivity contribution in [3.63, 3.8) is 0 Å². The van der Waals surface area contributed by atoms with E-state index in [-0.39, 0.29) is 5.91 Å². The average Bonchev–Trinajstić information content (AvgIpc) is 2.43. The number of hydrogen-bond donors (Lipinski definition) is 2. The molecule has 2 N–H and O–H groups in total. The number of nitrogens with one attached hydrogen (secondary N) is 1. The summed E-state index contributed by atoms with van der Waals surface area (Å²) >= 11 is 0. The summed E-state index contributed by atoms with van der Waals surface area (Å²) in [7, 11) is 1.55. The van der Waals surface area contributed by atoms with Gasteiger partial charge in [0.25, 0.3) is 5.91 Å². The second kappa shape index (κ2) is 8.32. The van der Waals surface area contributed by atoms with Crippen LogP contribution >= 0.6 is 0 Å². The molecule has 1 aromatic carbocycles. The summed E-state index contributed by atoms with van der Waals surface area (Å²) in [6.45, 7) is 2.30. The number of aliphatic carboxylic acids is 1. The molecular weight excluding hydrogens is 258 g/mol. The number of ether oxygens (including phenoxy) is 1. The van der Waals surface area contributed by atoms with Crippen LogP contribution in [-0.2, 0) is 16.1 Å². The van der Waals surface area contributed by atoms with Gasteiger partial charge < -0.3 is 15.2 Å². The Morgan fingerprint density at radius 2 is 2.05 bits per heavy atom. The lowest BCUT2D eigenvalue weighted by molar-refractivity contribution is -0.139. The average molecular weight is 279 g/mol. The van der Waals surface area contributed by atoms with Crippen molar-refractivity contribution in [3.05, 3.63) is 35.4 Å². The Labute approximate surface area is 118 Å². The summed E-state index contributed by atoms with van der Waals surface area (Å²) in [6, 6.07) is 6.17. The monoisotopic (exact) mass is 279 g/mol. The minimum absolute atomic E-state index is 0.316. The van der Waals surface area contributed by atoms with Crippen LogP contribution < -0.4 is 5.32 Å². The molecule has 0 saturated heterocycles. The second-order valence-electron chi connectivity index (χ2n) is 4.60. The molecule has 1 atom stereocenters. The Balaban J connectivity index is 2.80. The number of methoxy groups -OCH3 is 1. The lowest BCUT2D eigenvalue weighted by Gasteiger charge is -2.15. The van der Waals surface area contributed by atoms with Crippen LogP contribution in [0.4, 0.5) is 0 Å². The van der Waals surface area contributed by atoms with E-state index in [0.29, 0.717) is 18.6 Å². The SMILES string of the molecule is CCCCC(NC(=O)c1ccccc1COC)C(=O)O. The molecule has 0 spiro atoms. The largest absolute Gasteiger partial charge is 0.480 e. The van der Waals surface area contributed by atoms with Crippen molar-refractivity contribution in [2.24, 2.45) is 0 Å². The molecule has 1 rings (SSSR count). The first-order valence-corrected chi connectivity index (χ1v) is 6.70. The molecule has 110 valence electrons. The van der Waals surface area contributed by atoms with E-state index < -0.39 is 12.0 Å². The number of carboxylic acids is 1. The molecule has 0 radical (unpaired) electrons. The van der Waals surface area contributed by atoms with Gasteiger partial charge in [0.05, 0.1) is 6.61 Å². The van der Waals surface area contributed by atoms with Gasteiger partial charge >= 0.3 is 5.97 Å². The van der Waals surface area contributed by atoms with E-state index >= 15 is 0 Å². The van der Waals surface area contributed by atoms with Crippen molar-refractivity contribution in [3.8, 4) is 0 Å². The summed E-state index contributed by atoms with van der Waals surface area (Å²) < 4.78 is 5.04. The molecule has 0 aromatic heterocycles. The summed E-state index contributed by atoms with van der Waals surface area (Å²) in [6.07, 6.45) is 2.08. The second-order valence-corrected chi connectivity index (χ2v) is 4.60. The van der Waals surface area contributed by atoms with Gasteiger partial charge in [0.15, 0.2) is 0 Å². The molecule has 0 heterocycles. The van der Waals surface area contributed by atoms with Gasteiger partial charge in [0, 0.05) is 12.7 Å². The molecule has 0 aliphatic carbocycles. The topological polar surface area (TPSA) is 75.6 Å². The van der Waals surface area contributed by atoms with Crippen molar-refractivity contribution in [2.75, 3.05) is 7.11 Å². The fourth-order valence-corrected chi connectivity index (χ4v) is 1.92. The van der Waals surface area contributed by atoms with E-state index in [0.717, 1.165) is 18.4 Å². The lowest BCUT2D eigenvalue weighted by Crippen LogP contribution is -2.41. The number of carbonyl (C=O) groups is 2. The van der Waals surface area contributed by atoms with E-state index in [1.807, 2.05) is 13.0 Å². The molecule has 5 nitrogen and oxygen atoms in total. The first kappa shape index (κ1) is 16.2.